The highest BCUT2D eigenvalue weighted by atomic mass is 35.5. The van der Waals surface area contributed by atoms with Crippen molar-refractivity contribution >= 4 is 23.4 Å². The van der Waals surface area contributed by atoms with Crippen LogP contribution < -0.4 is 5.32 Å². The van der Waals surface area contributed by atoms with Crippen LogP contribution in [0.25, 0.3) is 0 Å². The molecule has 1 aromatic carbocycles. The maximum Gasteiger partial charge on any atom is 0.0761 e. The summed E-state index contributed by atoms with van der Waals surface area (Å²) in [5.41, 5.74) is 1.28. The van der Waals surface area contributed by atoms with E-state index in [9.17, 15) is 0 Å². The van der Waals surface area contributed by atoms with Crippen LogP contribution in [0.15, 0.2) is 51.9 Å². The van der Waals surface area contributed by atoms with Crippen LogP contribution in [0.4, 0.5) is 0 Å². The standard InChI is InChI=1S/C12H12ClNS/c1-9-3-2-8-14-12(9)15-11-6-4-10(13)5-7-11/h2-7,14H,8H2,1H3. The lowest BCUT2D eigenvalue weighted by Gasteiger charge is -2.14. The number of nitrogens with one attached hydrogen (secondary N) is 1. The van der Waals surface area contributed by atoms with Crippen molar-refractivity contribution in [2.24, 2.45) is 0 Å². The molecule has 3 heteroatoms. The molecule has 0 unspecified atom stereocenters. The summed E-state index contributed by atoms with van der Waals surface area (Å²) in [6, 6.07) is 7.90. The van der Waals surface area contributed by atoms with E-state index in [4.69, 9.17) is 11.6 Å². The van der Waals surface area contributed by atoms with Crippen LogP contribution in [-0.2, 0) is 0 Å². The summed E-state index contributed by atoms with van der Waals surface area (Å²) in [4.78, 5) is 1.21. The Bertz CT molecular complexity index is 406. The number of halogens is 1. The van der Waals surface area contributed by atoms with Crippen LogP contribution in [0.3, 0.4) is 0 Å². The molecule has 0 saturated carbocycles. The third-order valence-electron chi connectivity index (χ3n) is 2.14. The molecule has 0 spiro atoms. The fourth-order valence-corrected chi connectivity index (χ4v) is 2.36. The summed E-state index contributed by atoms with van der Waals surface area (Å²) in [5.74, 6) is 0. The zero-order valence-corrected chi connectivity index (χ0v) is 10.0. The second-order valence-electron chi connectivity index (χ2n) is 3.35. The summed E-state index contributed by atoms with van der Waals surface area (Å²) in [5, 5.41) is 5.36. The lowest BCUT2D eigenvalue weighted by Crippen LogP contribution is -2.15. The average molecular weight is 238 g/mol. The summed E-state index contributed by atoms with van der Waals surface area (Å²) in [6.07, 6.45) is 4.27. The molecule has 1 heterocycles. The van der Waals surface area contributed by atoms with Crippen molar-refractivity contribution in [2.75, 3.05) is 6.54 Å². The van der Waals surface area contributed by atoms with E-state index >= 15 is 0 Å². The highest BCUT2D eigenvalue weighted by Crippen LogP contribution is 2.29. The molecule has 1 aliphatic rings. The van der Waals surface area contributed by atoms with Gasteiger partial charge in [-0.3, -0.25) is 0 Å². The zero-order chi connectivity index (χ0) is 10.7. The largest absolute Gasteiger partial charge is 0.376 e. The number of hydrogen-bond donors (Lipinski definition) is 1. The summed E-state index contributed by atoms with van der Waals surface area (Å²) in [6.45, 7) is 3.02. The second kappa shape index (κ2) is 4.77. The van der Waals surface area contributed by atoms with Gasteiger partial charge < -0.3 is 5.32 Å². The minimum absolute atomic E-state index is 0.779. The Morgan fingerprint density at radius 1 is 1.27 bits per heavy atom. The Morgan fingerprint density at radius 3 is 2.67 bits per heavy atom. The van der Waals surface area contributed by atoms with E-state index in [1.54, 1.807) is 11.8 Å². The summed E-state index contributed by atoms with van der Waals surface area (Å²) in [7, 11) is 0. The highest BCUT2D eigenvalue weighted by Gasteiger charge is 2.05. The van der Waals surface area contributed by atoms with Gasteiger partial charge >= 0.3 is 0 Å². The van der Waals surface area contributed by atoms with Crippen molar-refractivity contribution in [2.45, 2.75) is 11.8 Å². The predicted octanol–water partition coefficient (Wildman–Crippen LogP) is 3.82. The van der Waals surface area contributed by atoms with E-state index in [0.717, 1.165) is 11.6 Å². The van der Waals surface area contributed by atoms with Gasteiger partial charge in [-0.15, -0.1) is 0 Å². The summed E-state index contributed by atoms with van der Waals surface area (Å²) >= 11 is 7.57. The highest BCUT2D eigenvalue weighted by molar-refractivity contribution is 8.03. The van der Waals surface area contributed by atoms with Crippen LogP contribution in [0.5, 0.6) is 0 Å². The van der Waals surface area contributed by atoms with Crippen LogP contribution in [-0.4, -0.2) is 6.54 Å². The number of thioether (sulfide) groups is 1. The quantitative estimate of drug-likeness (QED) is 0.839. The monoisotopic (exact) mass is 237 g/mol. The Hall–Kier alpha value is -0.860. The molecule has 0 bridgehead atoms. The summed E-state index contributed by atoms with van der Waals surface area (Å²) < 4.78 is 0. The molecule has 15 heavy (non-hydrogen) atoms. The van der Waals surface area contributed by atoms with Crippen molar-refractivity contribution in [1.82, 2.24) is 5.32 Å². The lowest BCUT2D eigenvalue weighted by molar-refractivity contribution is 0.935. The number of hydrogen-bond acceptors (Lipinski definition) is 2. The normalized spacial score (nSPS) is 15.3. The smallest absolute Gasteiger partial charge is 0.0761 e. The van der Waals surface area contributed by atoms with E-state index in [-0.39, 0.29) is 0 Å². The van der Waals surface area contributed by atoms with Crippen molar-refractivity contribution in [3.63, 3.8) is 0 Å². The Labute approximate surface area is 99.2 Å². The molecule has 1 aliphatic heterocycles. The molecule has 0 fully saturated rings. The van der Waals surface area contributed by atoms with Crippen LogP contribution >= 0.6 is 23.4 Å². The molecule has 0 atom stereocenters. The Morgan fingerprint density at radius 2 is 2.00 bits per heavy atom. The zero-order valence-electron chi connectivity index (χ0n) is 8.46. The third-order valence-corrected chi connectivity index (χ3v) is 3.57. The molecular formula is C12H12ClNS. The van der Waals surface area contributed by atoms with Crippen LogP contribution in [0.2, 0.25) is 5.02 Å². The van der Waals surface area contributed by atoms with Gasteiger partial charge in [-0.1, -0.05) is 35.5 Å². The number of rotatable bonds is 2. The maximum absolute atomic E-state index is 5.84. The van der Waals surface area contributed by atoms with E-state index in [2.05, 4.69) is 24.4 Å². The molecule has 2 rings (SSSR count). The first-order valence-electron chi connectivity index (χ1n) is 4.80. The van der Waals surface area contributed by atoms with Crippen LogP contribution in [0.1, 0.15) is 6.92 Å². The number of dihydropyridines is 1. The fourth-order valence-electron chi connectivity index (χ4n) is 1.34. The molecule has 0 saturated heterocycles. The molecule has 1 aromatic rings. The van der Waals surface area contributed by atoms with Gasteiger partial charge in [-0.25, -0.2) is 0 Å². The minimum atomic E-state index is 0.779. The van der Waals surface area contributed by atoms with Crippen molar-refractivity contribution in [3.8, 4) is 0 Å². The number of benzene rings is 1. The van der Waals surface area contributed by atoms with Gasteiger partial charge in [0, 0.05) is 16.5 Å². The first-order chi connectivity index (χ1) is 7.25. The molecule has 1 nitrogen and oxygen atoms in total. The van der Waals surface area contributed by atoms with E-state index in [0.29, 0.717) is 0 Å². The van der Waals surface area contributed by atoms with Gasteiger partial charge in [-0.2, -0.15) is 0 Å². The lowest BCUT2D eigenvalue weighted by atomic mass is 10.2. The van der Waals surface area contributed by atoms with Gasteiger partial charge in [-0.05, 0) is 36.8 Å². The van der Waals surface area contributed by atoms with Crippen molar-refractivity contribution in [3.05, 3.63) is 52.0 Å². The fraction of sp³-hybridized carbons (Fsp3) is 0.167. The van der Waals surface area contributed by atoms with Gasteiger partial charge in [0.25, 0.3) is 0 Å². The molecule has 0 amide bonds. The third kappa shape index (κ3) is 2.80. The first-order valence-corrected chi connectivity index (χ1v) is 6.00. The molecule has 78 valence electrons. The van der Waals surface area contributed by atoms with Crippen molar-refractivity contribution < 1.29 is 0 Å². The van der Waals surface area contributed by atoms with Crippen LogP contribution in [0, 0.1) is 0 Å². The molecule has 0 radical (unpaired) electrons. The average Bonchev–Trinajstić information content (AvgIpc) is 2.25. The van der Waals surface area contributed by atoms with E-state index in [1.807, 2.05) is 24.3 Å². The predicted molar refractivity (Wildman–Crippen MR) is 67.2 cm³/mol. The Kier molecular flexibility index (Phi) is 3.39. The molecule has 0 aliphatic carbocycles. The van der Waals surface area contributed by atoms with E-state index in [1.165, 1.54) is 15.5 Å². The van der Waals surface area contributed by atoms with Gasteiger partial charge in [0.15, 0.2) is 0 Å². The van der Waals surface area contributed by atoms with E-state index < -0.39 is 0 Å². The Balaban J connectivity index is 2.15. The topological polar surface area (TPSA) is 12.0 Å². The van der Waals surface area contributed by atoms with Crippen molar-refractivity contribution in [1.29, 1.82) is 0 Å². The van der Waals surface area contributed by atoms with Gasteiger partial charge in [0.1, 0.15) is 0 Å². The first kappa shape index (κ1) is 10.7. The second-order valence-corrected chi connectivity index (χ2v) is 4.87. The maximum atomic E-state index is 5.84. The van der Waals surface area contributed by atoms with Gasteiger partial charge in [0.2, 0.25) is 0 Å². The number of allylic oxidation sites excluding steroid dienone is 2. The molecule has 0 aromatic heterocycles. The minimum Gasteiger partial charge on any atom is -0.376 e. The molecule has 1 N–H and O–H groups in total. The van der Waals surface area contributed by atoms with Gasteiger partial charge in [0.05, 0.1) is 5.03 Å². The molecular weight excluding hydrogens is 226 g/mol. The SMILES string of the molecule is CC1=C(Sc2ccc(Cl)cc2)NCC=C1.